The van der Waals surface area contributed by atoms with Gasteiger partial charge >= 0.3 is 0 Å². The molecule has 8 nitrogen and oxygen atoms in total. The Bertz CT molecular complexity index is 1190. The zero-order chi connectivity index (χ0) is 23.4. The molecule has 1 aliphatic rings. The smallest absolute Gasteiger partial charge is 0.270 e. The molecule has 3 aromatic carbocycles. The van der Waals surface area contributed by atoms with Gasteiger partial charge in [-0.05, 0) is 30.3 Å². The Hall–Kier alpha value is -3.91. The molecular formula is C24H21ClN4O4. The summed E-state index contributed by atoms with van der Waals surface area (Å²) in [6, 6.07) is 20.3. The molecular weight excluding hydrogens is 444 g/mol. The first-order valence-electron chi connectivity index (χ1n) is 10.4. The second kappa shape index (κ2) is 9.70. The third-order valence-electron chi connectivity index (χ3n) is 5.49. The standard InChI is InChI=1S/C24H21ClN4O4/c25-20-16-18(29(32)33)10-11-19(20)23(30)26-21-8-4-5-9-22(21)27-12-14-28(15-13-27)24(31)17-6-2-1-3-7-17/h1-11,16H,12-15H2,(H,26,30). The number of hydrogen-bond acceptors (Lipinski definition) is 5. The zero-order valence-electron chi connectivity index (χ0n) is 17.6. The van der Waals surface area contributed by atoms with E-state index < -0.39 is 10.8 Å². The van der Waals surface area contributed by atoms with Crippen LogP contribution in [0.3, 0.4) is 0 Å². The summed E-state index contributed by atoms with van der Waals surface area (Å²) in [6.07, 6.45) is 0. The van der Waals surface area contributed by atoms with Crippen LogP contribution >= 0.6 is 11.6 Å². The SMILES string of the molecule is O=C(Nc1ccccc1N1CCN(C(=O)c2ccccc2)CC1)c1ccc([N+](=O)[O-])cc1Cl. The van der Waals surface area contributed by atoms with Crippen molar-refractivity contribution in [2.24, 2.45) is 0 Å². The summed E-state index contributed by atoms with van der Waals surface area (Å²) in [7, 11) is 0. The van der Waals surface area contributed by atoms with E-state index in [1.165, 1.54) is 12.1 Å². The van der Waals surface area contributed by atoms with Crippen molar-refractivity contribution in [2.45, 2.75) is 0 Å². The van der Waals surface area contributed by atoms with Crippen LogP contribution in [0.2, 0.25) is 5.02 Å². The Morgan fingerprint density at radius 2 is 1.58 bits per heavy atom. The van der Waals surface area contributed by atoms with Crippen molar-refractivity contribution in [1.82, 2.24) is 4.90 Å². The van der Waals surface area contributed by atoms with Crippen LogP contribution in [0.1, 0.15) is 20.7 Å². The van der Waals surface area contributed by atoms with Gasteiger partial charge in [0.2, 0.25) is 0 Å². The highest BCUT2D eigenvalue weighted by Crippen LogP contribution is 2.29. The molecule has 1 aliphatic heterocycles. The van der Waals surface area contributed by atoms with Crippen LogP contribution in [0.15, 0.2) is 72.8 Å². The predicted molar refractivity (Wildman–Crippen MR) is 127 cm³/mol. The Morgan fingerprint density at radius 1 is 0.909 bits per heavy atom. The maximum Gasteiger partial charge on any atom is 0.270 e. The molecule has 1 N–H and O–H groups in total. The molecule has 1 fully saturated rings. The number of piperazine rings is 1. The molecule has 0 aliphatic carbocycles. The predicted octanol–water partition coefficient (Wildman–Crippen LogP) is 4.46. The number of anilines is 2. The Balaban J connectivity index is 1.46. The van der Waals surface area contributed by atoms with E-state index in [9.17, 15) is 19.7 Å². The average molecular weight is 465 g/mol. The lowest BCUT2D eigenvalue weighted by molar-refractivity contribution is -0.384. The summed E-state index contributed by atoms with van der Waals surface area (Å²) in [5.41, 5.74) is 2.06. The van der Waals surface area contributed by atoms with E-state index in [0.29, 0.717) is 37.4 Å². The van der Waals surface area contributed by atoms with Crippen molar-refractivity contribution in [3.05, 3.63) is 99.1 Å². The lowest BCUT2D eigenvalue weighted by atomic mass is 10.1. The van der Waals surface area contributed by atoms with E-state index in [1.807, 2.05) is 53.4 Å². The number of halogens is 1. The van der Waals surface area contributed by atoms with Crippen molar-refractivity contribution in [2.75, 3.05) is 36.4 Å². The van der Waals surface area contributed by atoms with E-state index >= 15 is 0 Å². The molecule has 0 unspecified atom stereocenters. The topological polar surface area (TPSA) is 95.8 Å². The average Bonchev–Trinajstić information content (AvgIpc) is 2.84. The van der Waals surface area contributed by atoms with E-state index in [0.717, 1.165) is 11.8 Å². The first-order valence-corrected chi connectivity index (χ1v) is 10.8. The Kier molecular flexibility index (Phi) is 6.55. The highest BCUT2D eigenvalue weighted by Gasteiger charge is 2.24. The number of rotatable bonds is 5. The van der Waals surface area contributed by atoms with Crippen molar-refractivity contribution >= 4 is 40.5 Å². The normalized spacial score (nSPS) is 13.5. The lowest BCUT2D eigenvalue weighted by Crippen LogP contribution is -2.49. The number of carbonyl (C=O) groups is 2. The number of non-ortho nitro benzene ring substituents is 1. The molecule has 2 amide bonds. The molecule has 168 valence electrons. The highest BCUT2D eigenvalue weighted by molar-refractivity contribution is 6.34. The molecule has 33 heavy (non-hydrogen) atoms. The maximum atomic E-state index is 12.8. The fraction of sp³-hybridized carbons (Fsp3) is 0.167. The van der Waals surface area contributed by atoms with Gasteiger partial charge in [-0.1, -0.05) is 41.9 Å². The number of para-hydroxylation sites is 2. The van der Waals surface area contributed by atoms with E-state index in [2.05, 4.69) is 10.2 Å². The Labute approximate surface area is 195 Å². The fourth-order valence-electron chi connectivity index (χ4n) is 3.76. The molecule has 9 heteroatoms. The van der Waals surface area contributed by atoms with Crippen LogP contribution in [-0.4, -0.2) is 47.8 Å². The van der Waals surface area contributed by atoms with Crippen molar-refractivity contribution < 1.29 is 14.5 Å². The quantitative estimate of drug-likeness (QED) is 0.444. The largest absolute Gasteiger partial charge is 0.366 e. The summed E-state index contributed by atoms with van der Waals surface area (Å²) in [6.45, 7) is 2.35. The van der Waals surface area contributed by atoms with Gasteiger partial charge in [0.05, 0.1) is 26.9 Å². The van der Waals surface area contributed by atoms with Crippen LogP contribution in [0.5, 0.6) is 0 Å². The van der Waals surface area contributed by atoms with Crippen LogP contribution in [-0.2, 0) is 0 Å². The van der Waals surface area contributed by atoms with Gasteiger partial charge < -0.3 is 15.1 Å². The van der Waals surface area contributed by atoms with Gasteiger partial charge in [0, 0.05) is 43.9 Å². The van der Waals surface area contributed by atoms with Crippen molar-refractivity contribution in [1.29, 1.82) is 0 Å². The molecule has 0 atom stereocenters. The van der Waals surface area contributed by atoms with Crippen molar-refractivity contribution in [3.8, 4) is 0 Å². The van der Waals surface area contributed by atoms with Crippen LogP contribution in [0.4, 0.5) is 17.1 Å². The monoisotopic (exact) mass is 464 g/mol. The van der Waals surface area contributed by atoms with Crippen LogP contribution < -0.4 is 10.2 Å². The van der Waals surface area contributed by atoms with Crippen LogP contribution in [0, 0.1) is 10.1 Å². The third kappa shape index (κ3) is 4.96. The molecule has 0 radical (unpaired) electrons. The summed E-state index contributed by atoms with van der Waals surface area (Å²) in [4.78, 5) is 39.8. The summed E-state index contributed by atoms with van der Waals surface area (Å²) in [5, 5.41) is 13.8. The molecule has 3 aromatic rings. The zero-order valence-corrected chi connectivity index (χ0v) is 18.4. The minimum absolute atomic E-state index is 0.00431. The first-order chi connectivity index (χ1) is 15.9. The molecule has 4 rings (SSSR count). The molecule has 1 saturated heterocycles. The summed E-state index contributed by atoms with van der Waals surface area (Å²) < 4.78 is 0. The minimum atomic E-state index is -0.564. The number of hydrogen-bond donors (Lipinski definition) is 1. The number of nitrogens with one attached hydrogen (secondary N) is 1. The second-order valence-electron chi connectivity index (χ2n) is 7.54. The number of amides is 2. The Morgan fingerprint density at radius 3 is 2.24 bits per heavy atom. The molecule has 0 spiro atoms. The highest BCUT2D eigenvalue weighted by atomic mass is 35.5. The number of nitro groups is 1. The summed E-state index contributed by atoms with van der Waals surface area (Å²) in [5.74, 6) is -0.454. The number of nitrogens with zero attached hydrogens (tertiary/aromatic N) is 3. The summed E-state index contributed by atoms with van der Waals surface area (Å²) >= 11 is 6.11. The minimum Gasteiger partial charge on any atom is -0.366 e. The third-order valence-corrected chi connectivity index (χ3v) is 5.80. The number of nitro benzene ring substituents is 1. The van der Waals surface area contributed by atoms with E-state index in [4.69, 9.17) is 11.6 Å². The van der Waals surface area contributed by atoms with Crippen molar-refractivity contribution in [3.63, 3.8) is 0 Å². The van der Waals surface area contributed by atoms with Gasteiger partial charge in [-0.3, -0.25) is 19.7 Å². The number of carbonyl (C=O) groups excluding carboxylic acids is 2. The van der Waals surface area contributed by atoms with Gasteiger partial charge in [0.1, 0.15) is 0 Å². The molecule has 0 saturated carbocycles. The molecule has 0 aromatic heterocycles. The van der Waals surface area contributed by atoms with E-state index in [-0.39, 0.29) is 22.2 Å². The van der Waals surface area contributed by atoms with Gasteiger partial charge in [-0.15, -0.1) is 0 Å². The molecule has 1 heterocycles. The van der Waals surface area contributed by atoms with Gasteiger partial charge in [0.25, 0.3) is 17.5 Å². The lowest BCUT2D eigenvalue weighted by Gasteiger charge is -2.37. The number of benzene rings is 3. The van der Waals surface area contributed by atoms with Gasteiger partial charge in [-0.25, -0.2) is 0 Å². The van der Waals surface area contributed by atoms with Gasteiger partial charge in [-0.2, -0.15) is 0 Å². The fourth-order valence-corrected chi connectivity index (χ4v) is 4.02. The van der Waals surface area contributed by atoms with Gasteiger partial charge in [0.15, 0.2) is 0 Å². The van der Waals surface area contributed by atoms with E-state index in [1.54, 1.807) is 6.07 Å². The first kappa shape index (κ1) is 22.3. The molecule has 0 bridgehead atoms. The second-order valence-corrected chi connectivity index (χ2v) is 7.95. The maximum absolute atomic E-state index is 12.8. The van der Waals surface area contributed by atoms with Crippen LogP contribution in [0.25, 0.3) is 0 Å².